The molecule has 0 amide bonds. The van der Waals surface area contributed by atoms with E-state index in [2.05, 4.69) is 22.2 Å². The molecule has 3 rings (SSSR count). The predicted molar refractivity (Wildman–Crippen MR) is 72.1 cm³/mol. The Morgan fingerprint density at radius 3 is 2.90 bits per heavy atom. The zero-order valence-electron chi connectivity index (χ0n) is 11.1. The van der Waals surface area contributed by atoms with Gasteiger partial charge in [-0.1, -0.05) is 35.5 Å². The van der Waals surface area contributed by atoms with Gasteiger partial charge in [0, 0.05) is 18.7 Å². The number of nitrogens with zero attached hydrogens (tertiary/aromatic N) is 2. The van der Waals surface area contributed by atoms with E-state index in [1.165, 1.54) is 5.56 Å². The van der Waals surface area contributed by atoms with Gasteiger partial charge in [-0.15, -0.1) is 0 Å². The molecular weight excluding hydrogens is 256 g/mol. The number of carbonyl (C=O) groups is 1. The Kier molecular flexibility index (Phi) is 3.52. The first-order valence-corrected chi connectivity index (χ1v) is 6.67. The molecule has 0 bridgehead atoms. The second-order valence-electron chi connectivity index (χ2n) is 5.05. The Morgan fingerprint density at radius 2 is 2.15 bits per heavy atom. The molecule has 0 saturated carbocycles. The van der Waals surface area contributed by atoms with Crippen LogP contribution in [0.4, 0.5) is 0 Å². The maximum Gasteiger partial charge on any atom is 0.309 e. The summed E-state index contributed by atoms with van der Waals surface area (Å²) in [6.45, 7) is 2.46. The Labute approximate surface area is 116 Å². The fourth-order valence-corrected chi connectivity index (χ4v) is 2.60. The van der Waals surface area contributed by atoms with Crippen molar-refractivity contribution in [3.63, 3.8) is 0 Å². The highest BCUT2D eigenvalue weighted by molar-refractivity contribution is 5.70. The number of aliphatic carboxylic acids is 1. The number of carboxylic acid groups (broad SMARTS) is 1. The van der Waals surface area contributed by atoms with Crippen molar-refractivity contribution < 1.29 is 14.4 Å². The highest BCUT2D eigenvalue weighted by Crippen LogP contribution is 2.23. The minimum absolute atomic E-state index is 0.0580. The van der Waals surface area contributed by atoms with Gasteiger partial charge < -0.3 is 9.63 Å². The second kappa shape index (κ2) is 5.46. The van der Waals surface area contributed by atoms with Gasteiger partial charge in [-0.25, -0.2) is 0 Å². The van der Waals surface area contributed by atoms with Crippen molar-refractivity contribution in [3.8, 4) is 0 Å². The minimum Gasteiger partial charge on any atom is -0.481 e. The summed E-state index contributed by atoms with van der Waals surface area (Å²) in [7, 11) is 0. The molecule has 0 saturated heterocycles. The average Bonchev–Trinajstić information content (AvgIpc) is 2.82. The molecule has 0 unspecified atom stereocenters. The van der Waals surface area contributed by atoms with Crippen LogP contribution in [0.15, 0.2) is 34.9 Å². The summed E-state index contributed by atoms with van der Waals surface area (Å²) in [4.78, 5) is 13.1. The molecule has 1 N–H and O–H groups in total. The number of aromatic nitrogens is 1. The first kappa shape index (κ1) is 12.9. The summed E-state index contributed by atoms with van der Waals surface area (Å²) >= 11 is 0. The van der Waals surface area contributed by atoms with Gasteiger partial charge in [-0.05, 0) is 12.0 Å². The maximum atomic E-state index is 10.8. The maximum absolute atomic E-state index is 10.8. The lowest BCUT2D eigenvalue weighted by Crippen LogP contribution is -2.29. The third-order valence-electron chi connectivity index (χ3n) is 3.56. The number of carboxylic acids is 1. The van der Waals surface area contributed by atoms with E-state index in [9.17, 15) is 4.79 Å². The van der Waals surface area contributed by atoms with Gasteiger partial charge in [0.2, 0.25) is 0 Å². The summed E-state index contributed by atoms with van der Waals surface area (Å²) in [6.07, 6.45) is 0.742. The predicted octanol–water partition coefficient (Wildman–Crippen LogP) is 1.86. The van der Waals surface area contributed by atoms with Gasteiger partial charge in [0.1, 0.15) is 0 Å². The lowest BCUT2D eigenvalue weighted by molar-refractivity contribution is -0.136. The van der Waals surface area contributed by atoms with Crippen LogP contribution >= 0.6 is 0 Å². The van der Waals surface area contributed by atoms with E-state index in [1.807, 2.05) is 18.2 Å². The Hall–Kier alpha value is -2.14. The molecule has 0 spiro atoms. The quantitative estimate of drug-likeness (QED) is 0.920. The van der Waals surface area contributed by atoms with E-state index in [0.717, 1.165) is 30.8 Å². The number of rotatable bonds is 4. The number of fused-ring (bicyclic) bond motifs is 1. The SMILES string of the molecule is O=C(O)Cc1noc2c1CCN(Cc1ccccc1)C2. The first-order valence-electron chi connectivity index (χ1n) is 6.67. The molecule has 1 aliphatic heterocycles. The van der Waals surface area contributed by atoms with Crippen molar-refractivity contribution >= 4 is 5.97 Å². The van der Waals surface area contributed by atoms with Crippen molar-refractivity contribution in [2.45, 2.75) is 25.9 Å². The fourth-order valence-electron chi connectivity index (χ4n) is 2.60. The van der Waals surface area contributed by atoms with Crippen molar-refractivity contribution in [3.05, 3.63) is 52.9 Å². The monoisotopic (exact) mass is 272 g/mol. The van der Waals surface area contributed by atoms with Crippen LogP contribution in [0.25, 0.3) is 0 Å². The molecule has 1 aromatic heterocycles. The number of benzene rings is 1. The Balaban J connectivity index is 1.70. The van der Waals surface area contributed by atoms with Crippen LogP contribution in [0.5, 0.6) is 0 Å². The summed E-state index contributed by atoms with van der Waals surface area (Å²) in [5.74, 6) is -0.0590. The molecule has 0 aliphatic carbocycles. The van der Waals surface area contributed by atoms with E-state index in [4.69, 9.17) is 9.63 Å². The summed E-state index contributed by atoms with van der Waals surface area (Å²) in [5, 5.41) is 12.7. The molecule has 1 aromatic carbocycles. The highest BCUT2D eigenvalue weighted by Gasteiger charge is 2.24. The molecule has 1 aliphatic rings. The molecule has 2 aromatic rings. The van der Waals surface area contributed by atoms with Crippen molar-refractivity contribution in [2.24, 2.45) is 0 Å². The van der Waals surface area contributed by atoms with Crippen LogP contribution in [-0.4, -0.2) is 27.7 Å². The molecule has 2 heterocycles. The lowest BCUT2D eigenvalue weighted by atomic mass is 10.0. The lowest BCUT2D eigenvalue weighted by Gasteiger charge is -2.25. The Morgan fingerprint density at radius 1 is 1.35 bits per heavy atom. The zero-order valence-corrected chi connectivity index (χ0v) is 11.1. The van der Waals surface area contributed by atoms with Crippen LogP contribution in [0.2, 0.25) is 0 Å². The zero-order chi connectivity index (χ0) is 13.9. The van der Waals surface area contributed by atoms with Crippen molar-refractivity contribution in [1.82, 2.24) is 10.1 Å². The molecule has 20 heavy (non-hydrogen) atoms. The van der Waals surface area contributed by atoms with Crippen LogP contribution < -0.4 is 0 Å². The van der Waals surface area contributed by atoms with E-state index < -0.39 is 5.97 Å². The van der Waals surface area contributed by atoms with Gasteiger partial charge >= 0.3 is 5.97 Å². The Bertz CT molecular complexity index is 607. The fraction of sp³-hybridized carbons (Fsp3) is 0.333. The van der Waals surface area contributed by atoms with E-state index >= 15 is 0 Å². The molecular formula is C15H16N2O3. The van der Waals surface area contributed by atoms with E-state index in [-0.39, 0.29) is 6.42 Å². The first-order chi connectivity index (χ1) is 9.72. The molecule has 0 atom stereocenters. The van der Waals surface area contributed by atoms with Crippen molar-refractivity contribution in [2.75, 3.05) is 6.54 Å². The summed E-state index contributed by atoms with van der Waals surface area (Å²) < 4.78 is 5.30. The minimum atomic E-state index is -0.868. The second-order valence-corrected chi connectivity index (χ2v) is 5.05. The third-order valence-corrected chi connectivity index (χ3v) is 3.56. The van der Waals surface area contributed by atoms with Gasteiger partial charge in [0.25, 0.3) is 0 Å². The topological polar surface area (TPSA) is 66.6 Å². The largest absolute Gasteiger partial charge is 0.481 e. The number of hydrogen-bond acceptors (Lipinski definition) is 4. The molecule has 0 fully saturated rings. The van der Waals surface area contributed by atoms with Gasteiger partial charge in [-0.3, -0.25) is 9.69 Å². The van der Waals surface area contributed by atoms with Crippen molar-refractivity contribution in [1.29, 1.82) is 0 Å². The normalized spacial score (nSPS) is 15.0. The van der Waals surface area contributed by atoms with Crippen LogP contribution in [-0.2, 0) is 30.7 Å². The molecule has 5 heteroatoms. The van der Waals surface area contributed by atoms with Crippen LogP contribution in [0.3, 0.4) is 0 Å². The highest BCUT2D eigenvalue weighted by atomic mass is 16.5. The molecule has 104 valence electrons. The summed E-state index contributed by atoms with van der Waals surface area (Å²) in [6, 6.07) is 10.3. The van der Waals surface area contributed by atoms with Crippen LogP contribution in [0, 0.1) is 0 Å². The molecule has 0 radical (unpaired) electrons. The summed E-state index contributed by atoms with van der Waals surface area (Å²) in [5.41, 5.74) is 2.82. The van der Waals surface area contributed by atoms with Crippen LogP contribution in [0.1, 0.15) is 22.6 Å². The van der Waals surface area contributed by atoms with Gasteiger partial charge in [0.05, 0.1) is 18.7 Å². The molecule has 5 nitrogen and oxygen atoms in total. The van der Waals surface area contributed by atoms with Gasteiger partial charge in [0.15, 0.2) is 5.76 Å². The third kappa shape index (κ3) is 2.72. The number of hydrogen-bond donors (Lipinski definition) is 1. The van der Waals surface area contributed by atoms with E-state index in [1.54, 1.807) is 0 Å². The standard InChI is InChI=1S/C15H16N2O3/c18-15(19)8-13-12-6-7-17(10-14(12)20-16-13)9-11-4-2-1-3-5-11/h1-5H,6-10H2,(H,18,19). The average molecular weight is 272 g/mol. The van der Waals surface area contributed by atoms with E-state index in [0.29, 0.717) is 12.2 Å². The van der Waals surface area contributed by atoms with Gasteiger partial charge in [-0.2, -0.15) is 0 Å². The smallest absolute Gasteiger partial charge is 0.309 e.